The van der Waals surface area contributed by atoms with Gasteiger partial charge >= 0.3 is 5.97 Å². The number of carbonyl (C=O) groups excluding carboxylic acids is 1. The molecule has 0 aromatic carbocycles. The molecular weight excluding hydrogens is 238 g/mol. The molecule has 96 valence electrons. The SMILES string of the molecule is CC1(OCC(=O)O)CN(C(=O)c2ccnnc2)C1. The summed E-state index contributed by atoms with van der Waals surface area (Å²) in [6.45, 7) is 2.18. The molecule has 0 spiro atoms. The summed E-state index contributed by atoms with van der Waals surface area (Å²) in [7, 11) is 0. The number of hydrogen-bond acceptors (Lipinski definition) is 5. The second-order valence-corrected chi connectivity index (χ2v) is 4.42. The molecule has 0 aliphatic carbocycles. The fourth-order valence-electron chi connectivity index (χ4n) is 1.83. The van der Waals surface area contributed by atoms with Gasteiger partial charge in [0.15, 0.2) is 0 Å². The van der Waals surface area contributed by atoms with Gasteiger partial charge in [0.05, 0.1) is 31.0 Å². The summed E-state index contributed by atoms with van der Waals surface area (Å²) in [4.78, 5) is 23.9. The average molecular weight is 251 g/mol. The Balaban J connectivity index is 1.89. The van der Waals surface area contributed by atoms with Crippen LogP contribution in [0.4, 0.5) is 0 Å². The summed E-state index contributed by atoms with van der Waals surface area (Å²) in [5, 5.41) is 15.8. The van der Waals surface area contributed by atoms with E-state index in [-0.39, 0.29) is 12.5 Å². The number of ether oxygens (including phenoxy) is 1. The van der Waals surface area contributed by atoms with Crippen molar-refractivity contribution in [2.24, 2.45) is 0 Å². The van der Waals surface area contributed by atoms with Gasteiger partial charge in [-0.25, -0.2) is 4.79 Å². The zero-order valence-corrected chi connectivity index (χ0v) is 9.87. The molecule has 0 saturated carbocycles. The van der Waals surface area contributed by atoms with Crippen LogP contribution in [0.1, 0.15) is 17.3 Å². The lowest BCUT2D eigenvalue weighted by Gasteiger charge is -2.47. The molecule has 7 nitrogen and oxygen atoms in total. The van der Waals surface area contributed by atoms with Crippen LogP contribution in [0, 0.1) is 0 Å². The third-order valence-corrected chi connectivity index (χ3v) is 2.71. The Bertz CT molecular complexity index is 457. The van der Waals surface area contributed by atoms with E-state index in [9.17, 15) is 9.59 Å². The molecule has 1 aliphatic rings. The maximum atomic E-state index is 11.9. The van der Waals surface area contributed by atoms with Gasteiger partial charge < -0.3 is 14.7 Å². The van der Waals surface area contributed by atoms with E-state index in [0.29, 0.717) is 18.7 Å². The van der Waals surface area contributed by atoms with E-state index in [2.05, 4.69) is 10.2 Å². The van der Waals surface area contributed by atoms with Crippen LogP contribution in [0.15, 0.2) is 18.5 Å². The number of rotatable bonds is 4. The fourth-order valence-corrected chi connectivity index (χ4v) is 1.83. The Hall–Kier alpha value is -2.02. The summed E-state index contributed by atoms with van der Waals surface area (Å²) < 4.78 is 5.22. The molecule has 2 heterocycles. The largest absolute Gasteiger partial charge is 0.480 e. The highest BCUT2D eigenvalue weighted by Gasteiger charge is 2.42. The zero-order valence-electron chi connectivity index (χ0n) is 9.87. The monoisotopic (exact) mass is 251 g/mol. The van der Waals surface area contributed by atoms with Crippen molar-refractivity contribution < 1.29 is 19.4 Å². The molecule has 1 saturated heterocycles. The molecule has 0 radical (unpaired) electrons. The van der Waals surface area contributed by atoms with Gasteiger partial charge in [0, 0.05) is 0 Å². The fraction of sp³-hybridized carbons (Fsp3) is 0.455. The van der Waals surface area contributed by atoms with E-state index in [0.717, 1.165) is 0 Å². The van der Waals surface area contributed by atoms with Crippen molar-refractivity contribution in [1.82, 2.24) is 15.1 Å². The Morgan fingerprint density at radius 2 is 2.22 bits per heavy atom. The molecular formula is C11H13N3O4. The first-order valence-corrected chi connectivity index (χ1v) is 5.42. The quantitative estimate of drug-likeness (QED) is 0.796. The maximum absolute atomic E-state index is 11.9. The maximum Gasteiger partial charge on any atom is 0.329 e. The van der Waals surface area contributed by atoms with Crippen LogP contribution < -0.4 is 0 Å². The van der Waals surface area contributed by atoms with Gasteiger partial charge in [0.25, 0.3) is 5.91 Å². The third-order valence-electron chi connectivity index (χ3n) is 2.71. The molecule has 1 N–H and O–H groups in total. The summed E-state index contributed by atoms with van der Waals surface area (Å²) in [6, 6.07) is 1.59. The Kier molecular flexibility index (Phi) is 3.24. The second kappa shape index (κ2) is 4.69. The van der Waals surface area contributed by atoms with Gasteiger partial charge in [-0.2, -0.15) is 10.2 Å². The first kappa shape index (κ1) is 12.4. The molecule has 0 atom stereocenters. The highest BCUT2D eigenvalue weighted by molar-refractivity contribution is 5.94. The van der Waals surface area contributed by atoms with Gasteiger partial charge in [-0.05, 0) is 13.0 Å². The zero-order chi connectivity index (χ0) is 13.2. The number of carboxylic acids is 1. The van der Waals surface area contributed by atoms with Crippen molar-refractivity contribution >= 4 is 11.9 Å². The van der Waals surface area contributed by atoms with E-state index in [4.69, 9.17) is 9.84 Å². The van der Waals surface area contributed by atoms with E-state index in [1.165, 1.54) is 12.4 Å². The minimum Gasteiger partial charge on any atom is -0.480 e. The molecule has 1 fully saturated rings. The summed E-state index contributed by atoms with van der Waals surface area (Å²) in [5.74, 6) is -1.17. The number of carboxylic acid groups (broad SMARTS) is 1. The van der Waals surface area contributed by atoms with Crippen LogP contribution in [0.2, 0.25) is 0 Å². The Morgan fingerprint density at radius 3 is 2.78 bits per heavy atom. The molecule has 7 heteroatoms. The molecule has 2 rings (SSSR count). The molecule has 0 unspecified atom stereocenters. The highest BCUT2D eigenvalue weighted by atomic mass is 16.5. The number of aliphatic carboxylic acids is 1. The van der Waals surface area contributed by atoms with Crippen LogP contribution in [0.5, 0.6) is 0 Å². The standard InChI is InChI=1S/C11H13N3O4/c1-11(18-5-9(15)16)6-14(7-11)10(17)8-2-3-12-13-4-8/h2-4H,5-7H2,1H3,(H,15,16). The van der Waals surface area contributed by atoms with Gasteiger partial charge in [0.1, 0.15) is 12.2 Å². The van der Waals surface area contributed by atoms with Crippen LogP contribution >= 0.6 is 0 Å². The molecule has 1 aromatic rings. The Morgan fingerprint density at radius 1 is 1.50 bits per heavy atom. The van der Waals surface area contributed by atoms with Crippen LogP contribution in [0.3, 0.4) is 0 Å². The van der Waals surface area contributed by atoms with Gasteiger partial charge in [0.2, 0.25) is 0 Å². The number of hydrogen-bond donors (Lipinski definition) is 1. The smallest absolute Gasteiger partial charge is 0.329 e. The molecule has 0 bridgehead atoms. The molecule has 1 aromatic heterocycles. The van der Waals surface area contributed by atoms with E-state index in [1.807, 2.05) is 0 Å². The van der Waals surface area contributed by atoms with Crippen molar-refractivity contribution in [3.05, 3.63) is 24.0 Å². The molecule has 18 heavy (non-hydrogen) atoms. The van der Waals surface area contributed by atoms with Gasteiger partial charge in [-0.15, -0.1) is 0 Å². The number of amides is 1. The van der Waals surface area contributed by atoms with Crippen LogP contribution in [-0.2, 0) is 9.53 Å². The topological polar surface area (TPSA) is 92.6 Å². The summed E-state index contributed by atoms with van der Waals surface area (Å²) >= 11 is 0. The lowest BCUT2D eigenvalue weighted by Crippen LogP contribution is -2.63. The normalized spacial score (nSPS) is 17.1. The number of nitrogens with zero attached hydrogens (tertiary/aromatic N) is 3. The lowest BCUT2D eigenvalue weighted by molar-refractivity contribution is -0.159. The van der Waals surface area contributed by atoms with E-state index in [1.54, 1.807) is 17.9 Å². The number of carbonyl (C=O) groups is 2. The highest BCUT2D eigenvalue weighted by Crippen LogP contribution is 2.25. The van der Waals surface area contributed by atoms with Gasteiger partial charge in [-0.1, -0.05) is 0 Å². The first-order chi connectivity index (χ1) is 8.50. The van der Waals surface area contributed by atoms with Crippen molar-refractivity contribution in [3.8, 4) is 0 Å². The third kappa shape index (κ3) is 2.62. The molecule has 1 aliphatic heterocycles. The summed E-state index contributed by atoms with van der Waals surface area (Å²) in [6.07, 6.45) is 2.85. The van der Waals surface area contributed by atoms with Crippen molar-refractivity contribution in [1.29, 1.82) is 0 Å². The minimum atomic E-state index is -1.01. The predicted molar refractivity (Wildman–Crippen MR) is 59.9 cm³/mol. The predicted octanol–water partition coefficient (Wildman–Crippen LogP) is -0.208. The van der Waals surface area contributed by atoms with Crippen molar-refractivity contribution in [2.75, 3.05) is 19.7 Å². The Labute approximate surface area is 103 Å². The van der Waals surface area contributed by atoms with Crippen molar-refractivity contribution in [2.45, 2.75) is 12.5 Å². The van der Waals surface area contributed by atoms with Crippen LogP contribution in [0.25, 0.3) is 0 Å². The van der Waals surface area contributed by atoms with Crippen LogP contribution in [-0.4, -0.2) is 57.4 Å². The molecule has 1 amide bonds. The van der Waals surface area contributed by atoms with Crippen molar-refractivity contribution in [3.63, 3.8) is 0 Å². The summed E-state index contributed by atoms with van der Waals surface area (Å²) in [5.41, 5.74) is -0.112. The van der Waals surface area contributed by atoms with E-state index >= 15 is 0 Å². The number of likely N-dealkylation sites (tertiary alicyclic amines) is 1. The second-order valence-electron chi connectivity index (χ2n) is 4.42. The minimum absolute atomic E-state index is 0.152. The lowest BCUT2D eigenvalue weighted by atomic mass is 9.95. The number of aromatic nitrogens is 2. The van der Waals surface area contributed by atoms with Gasteiger partial charge in [-0.3, -0.25) is 4.79 Å². The average Bonchev–Trinajstić information content (AvgIpc) is 2.33. The van der Waals surface area contributed by atoms with E-state index < -0.39 is 11.6 Å². The first-order valence-electron chi connectivity index (χ1n) is 5.42.